The standard InChI is InChI=1S/C8H17N3/c1-6-2-3-7-8(9)10-5-11(7)4-6/h6-8,10H,2-5,9H2,1H3. The monoisotopic (exact) mass is 155 g/mol. The Morgan fingerprint density at radius 2 is 2.27 bits per heavy atom. The van der Waals surface area contributed by atoms with E-state index < -0.39 is 0 Å². The van der Waals surface area contributed by atoms with Gasteiger partial charge in [0.15, 0.2) is 0 Å². The zero-order chi connectivity index (χ0) is 7.84. The van der Waals surface area contributed by atoms with Crippen molar-refractivity contribution in [3.05, 3.63) is 0 Å². The van der Waals surface area contributed by atoms with Gasteiger partial charge in [-0.2, -0.15) is 0 Å². The highest BCUT2D eigenvalue weighted by Crippen LogP contribution is 2.24. The Balaban J connectivity index is 2.00. The molecule has 0 aromatic heterocycles. The SMILES string of the molecule is CC1CCC2C(N)NCN2C1. The summed E-state index contributed by atoms with van der Waals surface area (Å²) in [5.74, 6) is 0.860. The van der Waals surface area contributed by atoms with Gasteiger partial charge in [-0.15, -0.1) is 0 Å². The molecule has 3 unspecified atom stereocenters. The summed E-state index contributed by atoms with van der Waals surface area (Å²) in [6, 6.07) is 0.617. The normalized spacial score (nSPS) is 45.8. The number of nitrogens with one attached hydrogen (secondary N) is 1. The van der Waals surface area contributed by atoms with Gasteiger partial charge in [0.1, 0.15) is 0 Å². The van der Waals surface area contributed by atoms with Crippen LogP contribution in [0.25, 0.3) is 0 Å². The summed E-state index contributed by atoms with van der Waals surface area (Å²) in [6.07, 6.45) is 2.84. The molecule has 0 saturated carbocycles. The highest BCUT2D eigenvalue weighted by atomic mass is 15.4. The molecule has 2 saturated heterocycles. The minimum absolute atomic E-state index is 0.225. The van der Waals surface area contributed by atoms with Gasteiger partial charge >= 0.3 is 0 Å². The maximum atomic E-state index is 5.88. The van der Waals surface area contributed by atoms with Crippen molar-refractivity contribution in [2.75, 3.05) is 13.2 Å². The molecule has 3 heteroatoms. The number of nitrogens with two attached hydrogens (primary N) is 1. The van der Waals surface area contributed by atoms with Crippen LogP contribution in [0.1, 0.15) is 19.8 Å². The van der Waals surface area contributed by atoms with E-state index in [1.165, 1.54) is 19.4 Å². The molecule has 0 radical (unpaired) electrons. The van der Waals surface area contributed by atoms with Crippen molar-refractivity contribution >= 4 is 0 Å². The molecule has 2 heterocycles. The molecule has 3 atom stereocenters. The van der Waals surface area contributed by atoms with Gasteiger partial charge in [0.25, 0.3) is 0 Å². The predicted octanol–water partition coefficient (Wildman–Crippen LogP) is -0.0676. The topological polar surface area (TPSA) is 41.3 Å². The summed E-state index contributed by atoms with van der Waals surface area (Å²) < 4.78 is 0. The lowest BCUT2D eigenvalue weighted by molar-refractivity contribution is 0.149. The molecule has 2 aliphatic rings. The van der Waals surface area contributed by atoms with Crippen LogP contribution in [0.4, 0.5) is 0 Å². The van der Waals surface area contributed by atoms with Crippen molar-refractivity contribution in [3.8, 4) is 0 Å². The van der Waals surface area contributed by atoms with E-state index in [0.29, 0.717) is 6.04 Å². The molecule has 0 aromatic rings. The molecule has 11 heavy (non-hydrogen) atoms. The smallest absolute Gasteiger partial charge is 0.0717 e. The van der Waals surface area contributed by atoms with E-state index in [0.717, 1.165) is 12.6 Å². The summed E-state index contributed by atoms with van der Waals surface area (Å²) in [5.41, 5.74) is 5.88. The Bertz CT molecular complexity index is 148. The third-order valence-electron chi connectivity index (χ3n) is 2.92. The predicted molar refractivity (Wildman–Crippen MR) is 44.9 cm³/mol. The van der Waals surface area contributed by atoms with Crippen molar-refractivity contribution in [1.29, 1.82) is 0 Å². The second-order valence-electron chi connectivity index (χ2n) is 3.91. The van der Waals surface area contributed by atoms with Crippen LogP contribution in [0.15, 0.2) is 0 Å². The maximum absolute atomic E-state index is 5.88. The van der Waals surface area contributed by atoms with Crippen LogP contribution in [-0.4, -0.2) is 30.3 Å². The molecular formula is C8H17N3. The number of fused-ring (bicyclic) bond motifs is 1. The minimum atomic E-state index is 0.225. The number of piperidine rings is 1. The molecule has 2 aliphatic heterocycles. The molecule has 0 aliphatic carbocycles. The molecule has 0 amide bonds. The first kappa shape index (κ1) is 7.53. The molecule has 3 N–H and O–H groups in total. The fourth-order valence-electron chi connectivity index (χ4n) is 2.21. The Labute approximate surface area is 67.9 Å². The zero-order valence-electron chi connectivity index (χ0n) is 7.09. The first-order chi connectivity index (χ1) is 5.27. The van der Waals surface area contributed by atoms with Crippen LogP contribution < -0.4 is 11.1 Å². The second-order valence-corrected chi connectivity index (χ2v) is 3.91. The number of hydrogen-bond donors (Lipinski definition) is 2. The average molecular weight is 155 g/mol. The maximum Gasteiger partial charge on any atom is 0.0717 e. The molecule has 2 fully saturated rings. The summed E-state index contributed by atoms with van der Waals surface area (Å²) in [7, 11) is 0. The third-order valence-corrected chi connectivity index (χ3v) is 2.92. The average Bonchev–Trinajstić information content (AvgIpc) is 2.32. The summed E-state index contributed by atoms with van der Waals surface area (Å²) in [4.78, 5) is 2.47. The quantitative estimate of drug-likeness (QED) is 0.514. The van der Waals surface area contributed by atoms with Crippen molar-refractivity contribution in [2.45, 2.75) is 32.0 Å². The van der Waals surface area contributed by atoms with Crippen molar-refractivity contribution in [2.24, 2.45) is 11.7 Å². The van der Waals surface area contributed by atoms with E-state index in [-0.39, 0.29) is 6.17 Å². The van der Waals surface area contributed by atoms with Gasteiger partial charge in [0.05, 0.1) is 6.17 Å². The highest BCUT2D eigenvalue weighted by molar-refractivity contribution is 4.90. The fraction of sp³-hybridized carbons (Fsp3) is 1.00. The van der Waals surface area contributed by atoms with Gasteiger partial charge in [-0.05, 0) is 18.8 Å². The lowest BCUT2D eigenvalue weighted by atomic mass is 9.94. The summed E-state index contributed by atoms with van der Waals surface area (Å²) >= 11 is 0. The van der Waals surface area contributed by atoms with E-state index in [2.05, 4.69) is 17.1 Å². The summed E-state index contributed by atoms with van der Waals surface area (Å²) in [6.45, 7) is 4.54. The second kappa shape index (κ2) is 2.73. The number of rotatable bonds is 0. The van der Waals surface area contributed by atoms with Crippen molar-refractivity contribution in [3.63, 3.8) is 0 Å². The van der Waals surface area contributed by atoms with Gasteiger partial charge in [-0.3, -0.25) is 10.2 Å². The Morgan fingerprint density at radius 1 is 1.45 bits per heavy atom. The van der Waals surface area contributed by atoms with Gasteiger partial charge in [-0.25, -0.2) is 0 Å². The van der Waals surface area contributed by atoms with Gasteiger partial charge in [0, 0.05) is 19.3 Å². The Hall–Kier alpha value is -0.120. The molecule has 0 bridgehead atoms. The highest BCUT2D eigenvalue weighted by Gasteiger charge is 2.34. The van der Waals surface area contributed by atoms with Crippen LogP contribution in [0.2, 0.25) is 0 Å². The molecule has 2 rings (SSSR count). The molecule has 64 valence electrons. The zero-order valence-corrected chi connectivity index (χ0v) is 7.09. The number of nitrogens with zero attached hydrogens (tertiary/aromatic N) is 1. The number of hydrogen-bond acceptors (Lipinski definition) is 3. The van der Waals surface area contributed by atoms with Crippen LogP contribution in [-0.2, 0) is 0 Å². The van der Waals surface area contributed by atoms with E-state index in [1.807, 2.05) is 0 Å². The van der Waals surface area contributed by atoms with Gasteiger partial charge in [-0.1, -0.05) is 6.92 Å². The van der Waals surface area contributed by atoms with Gasteiger partial charge in [0.2, 0.25) is 0 Å². The van der Waals surface area contributed by atoms with Crippen LogP contribution in [0.5, 0.6) is 0 Å². The van der Waals surface area contributed by atoms with Crippen LogP contribution in [0, 0.1) is 5.92 Å². The van der Waals surface area contributed by atoms with Crippen LogP contribution >= 0.6 is 0 Å². The minimum Gasteiger partial charge on any atom is -0.315 e. The van der Waals surface area contributed by atoms with E-state index in [4.69, 9.17) is 5.73 Å². The summed E-state index contributed by atoms with van der Waals surface area (Å²) in [5, 5.41) is 3.29. The van der Waals surface area contributed by atoms with E-state index >= 15 is 0 Å². The molecule has 3 nitrogen and oxygen atoms in total. The fourth-order valence-corrected chi connectivity index (χ4v) is 2.21. The van der Waals surface area contributed by atoms with E-state index in [1.54, 1.807) is 0 Å². The molecule has 0 aromatic carbocycles. The van der Waals surface area contributed by atoms with Gasteiger partial charge < -0.3 is 5.73 Å². The lowest BCUT2D eigenvalue weighted by Gasteiger charge is -2.33. The Kier molecular flexibility index (Phi) is 1.87. The van der Waals surface area contributed by atoms with E-state index in [9.17, 15) is 0 Å². The lowest BCUT2D eigenvalue weighted by Crippen LogP contribution is -2.46. The molecule has 0 spiro atoms. The van der Waals surface area contributed by atoms with Crippen molar-refractivity contribution in [1.82, 2.24) is 10.2 Å². The Morgan fingerprint density at radius 3 is 3.09 bits per heavy atom. The first-order valence-corrected chi connectivity index (χ1v) is 4.50. The van der Waals surface area contributed by atoms with Crippen molar-refractivity contribution < 1.29 is 0 Å². The molecular weight excluding hydrogens is 138 g/mol. The largest absolute Gasteiger partial charge is 0.315 e. The third kappa shape index (κ3) is 1.28. The van der Waals surface area contributed by atoms with Crippen LogP contribution in [0.3, 0.4) is 0 Å². The first-order valence-electron chi connectivity index (χ1n) is 4.50.